The van der Waals surface area contributed by atoms with Crippen LogP contribution in [-0.2, 0) is 62.4 Å². The van der Waals surface area contributed by atoms with E-state index < -0.39 is 114 Å². The molecule has 4 aromatic rings. The third-order valence-corrected chi connectivity index (χ3v) is 12.6. The first kappa shape index (κ1) is 59.4. The second-order valence-electron chi connectivity index (χ2n) is 18.0. The van der Waals surface area contributed by atoms with Crippen LogP contribution in [0.2, 0.25) is 0 Å². The van der Waals surface area contributed by atoms with E-state index in [1.807, 2.05) is 36.4 Å². The number of hydrogen-bond donors (Lipinski definition) is 15. The van der Waals surface area contributed by atoms with E-state index in [4.69, 9.17) is 22.3 Å². The van der Waals surface area contributed by atoms with Crippen molar-refractivity contribution in [3.63, 3.8) is 0 Å². The monoisotopic (exact) mass is 1060 g/mol. The van der Waals surface area contributed by atoms with Gasteiger partial charge in [0.15, 0.2) is 0 Å². The molecule has 0 saturated heterocycles. The third-order valence-electron chi connectivity index (χ3n) is 11.9. The number of primary amides is 1. The molecule has 74 heavy (non-hydrogen) atoms. The number of aromatic nitrogens is 1. The molecule has 1 heterocycles. The van der Waals surface area contributed by atoms with Crippen LogP contribution >= 0.6 is 25.3 Å². The second kappa shape index (κ2) is 29.5. The van der Waals surface area contributed by atoms with Crippen molar-refractivity contribution < 1.29 is 53.4 Å². The first-order valence-electron chi connectivity index (χ1n) is 23.9. The highest BCUT2D eigenvalue weighted by molar-refractivity contribution is 7.80. The maximum atomic E-state index is 14.7. The van der Waals surface area contributed by atoms with Crippen molar-refractivity contribution in [2.45, 2.75) is 107 Å². The number of aromatic amines is 1. The van der Waals surface area contributed by atoms with Gasteiger partial charge in [0.05, 0.1) is 12.5 Å². The fraction of sp³-hybridized carbons (Fsp3) is 0.420. The number of carbonyl (C=O) groups excluding carboxylic acids is 8. The number of carbonyl (C=O) groups is 9. The molecule has 3 aromatic carbocycles. The third kappa shape index (κ3) is 18.4. The molecule has 0 aliphatic rings. The van der Waals surface area contributed by atoms with Crippen LogP contribution in [0.4, 0.5) is 0 Å². The Morgan fingerprint density at radius 3 is 1.65 bits per heavy atom. The van der Waals surface area contributed by atoms with Gasteiger partial charge >= 0.3 is 5.97 Å². The molecule has 8 amide bonds. The summed E-state index contributed by atoms with van der Waals surface area (Å²) in [4.78, 5) is 124. The highest BCUT2D eigenvalue weighted by Crippen LogP contribution is 2.20. The minimum Gasteiger partial charge on any atom is -0.508 e. The molecule has 0 bridgehead atoms. The summed E-state index contributed by atoms with van der Waals surface area (Å²) in [5, 5.41) is 38.1. The summed E-state index contributed by atoms with van der Waals surface area (Å²) in [5.41, 5.74) is 19.9. The van der Waals surface area contributed by atoms with E-state index in [9.17, 15) is 48.3 Å². The Bertz CT molecular complexity index is 2570. The zero-order chi connectivity index (χ0) is 54.5. The van der Waals surface area contributed by atoms with Crippen molar-refractivity contribution in [2.75, 3.05) is 18.1 Å². The van der Waals surface area contributed by atoms with Gasteiger partial charge in [0.2, 0.25) is 47.3 Å². The van der Waals surface area contributed by atoms with E-state index in [1.54, 1.807) is 50.4 Å². The van der Waals surface area contributed by atoms with Crippen molar-refractivity contribution in [1.82, 2.24) is 42.2 Å². The lowest BCUT2D eigenvalue weighted by molar-refractivity contribution is -0.140. The van der Waals surface area contributed by atoms with Crippen LogP contribution in [0.25, 0.3) is 10.9 Å². The van der Waals surface area contributed by atoms with Gasteiger partial charge < -0.3 is 69.6 Å². The van der Waals surface area contributed by atoms with E-state index in [-0.39, 0.29) is 49.5 Å². The van der Waals surface area contributed by atoms with Gasteiger partial charge in [0, 0.05) is 41.4 Å². The van der Waals surface area contributed by atoms with Crippen LogP contribution < -0.4 is 54.4 Å². The number of thiol groups is 2. The first-order valence-corrected chi connectivity index (χ1v) is 25.2. The summed E-state index contributed by atoms with van der Waals surface area (Å²) in [6.07, 6.45) is 1.58. The Balaban J connectivity index is 1.62. The molecule has 22 nitrogen and oxygen atoms in total. The van der Waals surface area contributed by atoms with Gasteiger partial charge in [-0.2, -0.15) is 25.3 Å². The average Bonchev–Trinajstić information content (AvgIpc) is 3.78. The summed E-state index contributed by atoms with van der Waals surface area (Å²) < 4.78 is 0. The minimum absolute atomic E-state index is 0.0279. The SMILES string of the molecule is CC(C)[C@H](NC(=O)[C@H](CCCCN)NC(=O)[C@@H](Cc1c[nH]c2ccccc12)NC(=O)[C@H](Cc1ccc(O)cc1)NC(=O)[C@H](CS)NC(=O)[C@H](N)Cc1ccccc1)C(=O)N[C@@H](CS)C(=O)N[C@@H](CC(=O)O)C(N)=O. The van der Waals surface area contributed by atoms with Crippen molar-refractivity contribution >= 4 is 89.4 Å². The Labute approximate surface area is 439 Å². The Morgan fingerprint density at radius 1 is 0.581 bits per heavy atom. The number of rotatable bonds is 30. The number of benzene rings is 3. The number of fused-ring (bicyclic) bond motifs is 1. The zero-order valence-electron chi connectivity index (χ0n) is 41.0. The molecule has 1 aromatic heterocycles. The molecule has 0 saturated carbocycles. The fourth-order valence-corrected chi connectivity index (χ4v) is 8.25. The topological polar surface area (TPSA) is 372 Å². The molecule has 8 atom stereocenters. The Hall–Kier alpha value is -7.15. The van der Waals surface area contributed by atoms with Crippen LogP contribution in [0.3, 0.4) is 0 Å². The predicted molar refractivity (Wildman–Crippen MR) is 282 cm³/mol. The van der Waals surface area contributed by atoms with Gasteiger partial charge in [-0.25, -0.2) is 0 Å². The van der Waals surface area contributed by atoms with Gasteiger partial charge in [-0.1, -0.05) is 74.5 Å². The number of unbranched alkanes of at least 4 members (excludes halogenated alkanes) is 1. The Kier molecular flexibility index (Phi) is 23.7. The molecule has 0 unspecified atom stereocenters. The van der Waals surface area contributed by atoms with Crippen LogP contribution in [0, 0.1) is 5.92 Å². The summed E-state index contributed by atoms with van der Waals surface area (Å²) >= 11 is 8.45. The molecular formula is C50H67N11O11S2. The van der Waals surface area contributed by atoms with Gasteiger partial charge in [-0.05, 0) is 73.0 Å². The normalized spacial score (nSPS) is 14.4. The van der Waals surface area contributed by atoms with Crippen LogP contribution in [-0.4, -0.2) is 135 Å². The molecule has 0 fully saturated rings. The van der Waals surface area contributed by atoms with Crippen LogP contribution in [0.1, 0.15) is 56.2 Å². The minimum atomic E-state index is -1.59. The number of para-hydroxylation sites is 1. The van der Waals surface area contributed by atoms with E-state index >= 15 is 0 Å². The summed E-state index contributed by atoms with van der Waals surface area (Å²) in [6, 6.07) is 11.5. The molecule has 24 heteroatoms. The smallest absolute Gasteiger partial charge is 0.305 e. The van der Waals surface area contributed by atoms with E-state index in [0.717, 1.165) is 16.5 Å². The van der Waals surface area contributed by atoms with Gasteiger partial charge in [0.25, 0.3) is 0 Å². The number of phenols is 1. The number of aliphatic carboxylic acids is 1. The lowest BCUT2D eigenvalue weighted by Gasteiger charge is -2.29. The van der Waals surface area contributed by atoms with Gasteiger partial charge in [-0.3, -0.25) is 43.2 Å². The molecule has 0 aliphatic heterocycles. The molecule has 16 N–H and O–H groups in total. The highest BCUT2D eigenvalue weighted by Gasteiger charge is 2.35. The fourth-order valence-electron chi connectivity index (χ4n) is 7.73. The van der Waals surface area contributed by atoms with E-state index in [1.165, 1.54) is 12.1 Å². The zero-order valence-corrected chi connectivity index (χ0v) is 42.8. The lowest BCUT2D eigenvalue weighted by Crippen LogP contribution is -2.61. The van der Waals surface area contributed by atoms with Crippen molar-refractivity contribution in [3.8, 4) is 5.75 Å². The Morgan fingerprint density at radius 2 is 1.08 bits per heavy atom. The molecule has 0 radical (unpaired) electrons. The number of amides is 8. The number of aromatic hydroxyl groups is 1. The molecular weight excluding hydrogens is 995 g/mol. The number of nitrogens with two attached hydrogens (primary N) is 3. The predicted octanol–water partition coefficient (Wildman–Crippen LogP) is -0.773. The highest BCUT2D eigenvalue weighted by atomic mass is 32.1. The summed E-state index contributed by atoms with van der Waals surface area (Å²) in [7, 11) is 0. The van der Waals surface area contributed by atoms with E-state index in [2.05, 4.69) is 67.5 Å². The first-order chi connectivity index (χ1) is 35.2. The summed E-state index contributed by atoms with van der Waals surface area (Å²) in [5.74, 6) is -9.35. The van der Waals surface area contributed by atoms with Crippen molar-refractivity contribution in [2.24, 2.45) is 23.1 Å². The number of carboxylic acids is 1. The standard InChI is InChI=1S/C50H67N11O11S2/c1-27(2)42(50(72)60-40(26-74)48(70)56-36(43(53)65)23-41(63)64)61-45(67)35(14-8-9-19-51)55-47(69)38(22-30-24-54-34-13-7-6-12-32(30)34)58-46(68)37(21-29-15-17-31(62)18-16-29)57-49(71)39(25-73)59-44(66)33(52)20-28-10-4-3-5-11-28/h3-7,10-13,15-18,24,27,33,35-40,42,54,62,73-74H,8-9,14,19-23,25-26,51-52H2,1-2H3,(H2,53,65)(H,55,69)(H,56,70)(H,57,71)(H,58,68)(H,59,66)(H,60,72)(H,61,67)(H,63,64)/t33-,35+,36+,37+,38-,39+,40+,42+/m1/s1. The number of nitrogens with one attached hydrogen (secondary N) is 8. The van der Waals surface area contributed by atoms with Crippen molar-refractivity contribution in [3.05, 3.63) is 102 Å². The van der Waals surface area contributed by atoms with Gasteiger partial charge in [0.1, 0.15) is 48.0 Å². The largest absolute Gasteiger partial charge is 0.508 e. The number of phenolic OH excluding ortho intramolecular Hbond substituents is 1. The number of hydrogen-bond acceptors (Lipinski definition) is 14. The van der Waals surface area contributed by atoms with Crippen LogP contribution in [0.15, 0.2) is 85.1 Å². The maximum Gasteiger partial charge on any atom is 0.305 e. The van der Waals surface area contributed by atoms with Crippen molar-refractivity contribution in [1.29, 1.82) is 0 Å². The molecule has 400 valence electrons. The maximum absolute atomic E-state index is 14.7. The summed E-state index contributed by atoms with van der Waals surface area (Å²) in [6.45, 7) is 3.48. The second-order valence-corrected chi connectivity index (χ2v) is 18.7. The average molecular weight is 1060 g/mol. The molecule has 0 spiro atoms. The van der Waals surface area contributed by atoms with Gasteiger partial charge in [-0.15, -0.1) is 0 Å². The number of H-pyrrole nitrogens is 1. The molecule has 0 aliphatic carbocycles. The lowest BCUT2D eigenvalue weighted by atomic mass is 10.00. The molecule has 4 rings (SSSR count). The van der Waals surface area contributed by atoms with Crippen LogP contribution in [0.5, 0.6) is 5.75 Å². The van der Waals surface area contributed by atoms with E-state index in [0.29, 0.717) is 24.0 Å². The number of carboxylic acid groups (broad SMARTS) is 1. The quantitative estimate of drug-likeness (QED) is 0.0226.